The van der Waals surface area contributed by atoms with Gasteiger partial charge in [0.2, 0.25) is 5.91 Å². The van der Waals surface area contributed by atoms with Crippen LogP contribution < -0.4 is 10.6 Å². The maximum absolute atomic E-state index is 12.6. The van der Waals surface area contributed by atoms with E-state index in [1.165, 1.54) is 10.9 Å². The SMILES string of the molecule is Cn1ncc(C(N)=S)c1N1C(=O)Cc2ccccc2C1=O. The molecular weight excluding hydrogens is 288 g/mol. The molecule has 6 nitrogen and oxygen atoms in total. The van der Waals surface area contributed by atoms with Gasteiger partial charge in [0.15, 0.2) is 5.82 Å². The lowest BCUT2D eigenvalue weighted by Gasteiger charge is -2.27. The molecule has 0 radical (unpaired) electrons. The Morgan fingerprint density at radius 3 is 2.76 bits per heavy atom. The largest absolute Gasteiger partial charge is 0.389 e. The molecule has 0 saturated heterocycles. The van der Waals surface area contributed by atoms with Crippen LogP contribution in [0.4, 0.5) is 5.82 Å². The van der Waals surface area contributed by atoms with Gasteiger partial charge in [-0.05, 0) is 11.6 Å². The Bertz CT molecular complexity index is 781. The second-order valence-corrected chi connectivity index (χ2v) is 5.18. The van der Waals surface area contributed by atoms with Crippen molar-refractivity contribution in [3.63, 3.8) is 0 Å². The molecule has 7 heteroatoms. The molecule has 0 fully saturated rings. The zero-order valence-electron chi connectivity index (χ0n) is 11.2. The van der Waals surface area contributed by atoms with Crippen LogP contribution in [0.3, 0.4) is 0 Å². The number of hydrogen-bond acceptors (Lipinski definition) is 4. The Balaban J connectivity index is 2.16. The Morgan fingerprint density at radius 1 is 1.33 bits per heavy atom. The highest BCUT2D eigenvalue weighted by atomic mass is 32.1. The summed E-state index contributed by atoms with van der Waals surface area (Å²) < 4.78 is 1.43. The minimum absolute atomic E-state index is 0.0950. The van der Waals surface area contributed by atoms with Gasteiger partial charge in [-0.3, -0.25) is 14.3 Å². The molecule has 2 N–H and O–H groups in total. The van der Waals surface area contributed by atoms with Gasteiger partial charge < -0.3 is 5.73 Å². The summed E-state index contributed by atoms with van der Waals surface area (Å²) in [6, 6.07) is 7.05. The second kappa shape index (κ2) is 4.78. The summed E-state index contributed by atoms with van der Waals surface area (Å²) in [5.41, 5.74) is 7.29. The van der Waals surface area contributed by atoms with Crippen molar-refractivity contribution in [2.24, 2.45) is 12.8 Å². The Morgan fingerprint density at radius 2 is 2.05 bits per heavy atom. The molecule has 1 aliphatic rings. The number of nitrogens with zero attached hydrogens (tertiary/aromatic N) is 3. The van der Waals surface area contributed by atoms with Crippen LogP contribution in [0.15, 0.2) is 30.5 Å². The van der Waals surface area contributed by atoms with Crippen molar-refractivity contribution in [2.75, 3.05) is 4.90 Å². The fourth-order valence-corrected chi connectivity index (χ4v) is 2.59. The summed E-state index contributed by atoms with van der Waals surface area (Å²) in [4.78, 5) is 26.2. The number of nitrogens with two attached hydrogens (primary N) is 1. The number of rotatable bonds is 2. The van der Waals surface area contributed by atoms with Crippen LogP contribution in [-0.4, -0.2) is 26.6 Å². The minimum atomic E-state index is -0.386. The number of carbonyl (C=O) groups excluding carboxylic acids is 2. The van der Waals surface area contributed by atoms with Crippen LogP contribution in [0.5, 0.6) is 0 Å². The molecule has 3 rings (SSSR count). The molecule has 2 amide bonds. The number of amides is 2. The quantitative estimate of drug-likeness (QED) is 0.655. The highest BCUT2D eigenvalue weighted by molar-refractivity contribution is 7.80. The number of benzene rings is 1. The molecule has 0 unspecified atom stereocenters. The summed E-state index contributed by atoms with van der Waals surface area (Å²) in [7, 11) is 1.64. The van der Waals surface area contributed by atoms with Crippen molar-refractivity contribution in [3.8, 4) is 0 Å². The molecule has 2 heterocycles. The predicted molar refractivity (Wildman–Crippen MR) is 81.1 cm³/mol. The van der Waals surface area contributed by atoms with E-state index in [0.717, 1.165) is 10.5 Å². The molecule has 0 spiro atoms. The third-order valence-electron chi connectivity index (χ3n) is 3.43. The highest BCUT2D eigenvalue weighted by Crippen LogP contribution is 2.27. The van der Waals surface area contributed by atoms with E-state index in [-0.39, 0.29) is 23.2 Å². The first-order valence-corrected chi connectivity index (χ1v) is 6.68. The molecule has 1 aliphatic heterocycles. The lowest BCUT2D eigenvalue weighted by Crippen LogP contribution is -2.44. The first-order chi connectivity index (χ1) is 10.0. The van der Waals surface area contributed by atoms with Crippen molar-refractivity contribution in [3.05, 3.63) is 47.2 Å². The average Bonchev–Trinajstić information content (AvgIpc) is 2.81. The van der Waals surface area contributed by atoms with E-state index in [9.17, 15) is 9.59 Å². The Labute approximate surface area is 126 Å². The number of fused-ring (bicyclic) bond motifs is 1. The van der Waals surface area contributed by atoms with Crippen LogP contribution in [0, 0.1) is 0 Å². The predicted octanol–water partition coefficient (Wildman–Crippen LogP) is 0.784. The maximum Gasteiger partial charge on any atom is 0.266 e. The normalized spacial score (nSPS) is 14.2. The number of aromatic nitrogens is 2. The van der Waals surface area contributed by atoms with Crippen molar-refractivity contribution in [1.29, 1.82) is 0 Å². The third kappa shape index (κ3) is 2.02. The minimum Gasteiger partial charge on any atom is -0.389 e. The first-order valence-electron chi connectivity index (χ1n) is 6.27. The van der Waals surface area contributed by atoms with E-state index in [1.807, 2.05) is 0 Å². The first kappa shape index (κ1) is 13.4. The van der Waals surface area contributed by atoms with Gasteiger partial charge >= 0.3 is 0 Å². The third-order valence-corrected chi connectivity index (χ3v) is 3.65. The van der Waals surface area contributed by atoms with Crippen LogP contribution in [0.25, 0.3) is 0 Å². The lowest BCUT2D eigenvalue weighted by atomic mass is 9.98. The van der Waals surface area contributed by atoms with Crippen LogP contribution in [0.1, 0.15) is 21.5 Å². The molecule has 2 aromatic rings. The molecule has 0 aliphatic carbocycles. The molecule has 21 heavy (non-hydrogen) atoms. The van der Waals surface area contributed by atoms with E-state index in [1.54, 1.807) is 31.3 Å². The maximum atomic E-state index is 12.6. The fourth-order valence-electron chi connectivity index (χ4n) is 2.44. The van der Waals surface area contributed by atoms with Crippen molar-refractivity contribution < 1.29 is 9.59 Å². The molecular formula is C14H12N4O2S. The number of carbonyl (C=O) groups is 2. The zero-order valence-corrected chi connectivity index (χ0v) is 12.1. The smallest absolute Gasteiger partial charge is 0.266 e. The van der Waals surface area contributed by atoms with Gasteiger partial charge in [-0.1, -0.05) is 30.4 Å². The lowest BCUT2D eigenvalue weighted by molar-refractivity contribution is -0.117. The monoisotopic (exact) mass is 300 g/mol. The highest BCUT2D eigenvalue weighted by Gasteiger charge is 2.35. The van der Waals surface area contributed by atoms with Gasteiger partial charge in [-0.25, -0.2) is 4.90 Å². The van der Waals surface area contributed by atoms with Crippen LogP contribution in [0.2, 0.25) is 0 Å². The van der Waals surface area contributed by atoms with Gasteiger partial charge in [0.1, 0.15) is 4.99 Å². The van der Waals surface area contributed by atoms with Gasteiger partial charge in [0.05, 0.1) is 18.2 Å². The number of anilines is 1. The van der Waals surface area contributed by atoms with Crippen LogP contribution >= 0.6 is 12.2 Å². The summed E-state index contributed by atoms with van der Waals surface area (Å²) in [6.07, 6.45) is 1.61. The van der Waals surface area contributed by atoms with Gasteiger partial charge in [0.25, 0.3) is 5.91 Å². The number of aryl methyl sites for hydroxylation is 1. The van der Waals surface area contributed by atoms with E-state index in [0.29, 0.717) is 16.9 Å². The van der Waals surface area contributed by atoms with E-state index in [2.05, 4.69) is 5.10 Å². The van der Waals surface area contributed by atoms with Crippen molar-refractivity contribution >= 4 is 34.8 Å². The van der Waals surface area contributed by atoms with E-state index >= 15 is 0 Å². The Kier molecular flexibility index (Phi) is 3.06. The van der Waals surface area contributed by atoms with Gasteiger partial charge in [-0.2, -0.15) is 5.10 Å². The molecule has 1 aromatic carbocycles. The summed E-state index contributed by atoms with van der Waals surface area (Å²) in [5, 5.41) is 4.04. The molecule has 106 valence electrons. The number of hydrogen-bond donors (Lipinski definition) is 1. The van der Waals surface area contributed by atoms with Gasteiger partial charge in [0, 0.05) is 12.6 Å². The standard InChI is InChI=1S/C14H12N4O2S/c1-17-13(10(7-16-17)12(15)21)18-11(19)6-8-4-2-3-5-9(8)14(18)20/h2-5,7H,6H2,1H3,(H2,15,21). The number of imide groups is 1. The molecule has 0 bridgehead atoms. The fraction of sp³-hybridized carbons (Fsp3) is 0.143. The van der Waals surface area contributed by atoms with Crippen molar-refractivity contribution in [1.82, 2.24) is 9.78 Å². The molecule has 0 atom stereocenters. The summed E-state index contributed by atoms with van der Waals surface area (Å²) >= 11 is 4.96. The van der Waals surface area contributed by atoms with Gasteiger partial charge in [-0.15, -0.1) is 0 Å². The zero-order chi connectivity index (χ0) is 15.1. The van der Waals surface area contributed by atoms with E-state index < -0.39 is 0 Å². The van der Waals surface area contributed by atoms with Crippen molar-refractivity contribution in [2.45, 2.75) is 6.42 Å². The average molecular weight is 300 g/mol. The number of thiocarbonyl (C=S) groups is 1. The molecule has 1 aromatic heterocycles. The summed E-state index contributed by atoms with van der Waals surface area (Å²) in [5.74, 6) is -0.394. The summed E-state index contributed by atoms with van der Waals surface area (Å²) in [6.45, 7) is 0. The molecule has 0 saturated carbocycles. The Hall–Kier alpha value is -2.54. The van der Waals surface area contributed by atoms with Crippen LogP contribution in [-0.2, 0) is 18.3 Å². The van der Waals surface area contributed by atoms with E-state index in [4.69, 9.17) is 18.0 Å². The topological polar surface area (TPSA) is 81.2 Å². The second-order valence-electron chi connectivity index (χ2n) is 4.74.